The SMILES string of the molecule is C=C(C)c1cccc(N/C(=C\C)c2ccc(C)s2)c1CC. The number of allylic oxidation sites excluding steroid dienone is 2. The molecule has 0 spiro atoms. The molecular weight excluding hydrogens is 274 g/mol. The normalized spacial score (nSPS) is 11.5. The van der Waals surface area contributed by atoms with Crippen LogP contribution in [0.5, 0.6) is 0 Å². The van der Waals surface area contributed by atoms with E-state index in [9.17, 15) is 0 Å². The molecule has 0 saturated heterocycles. The largest absolute Gasteiger partial charge is 0.354 e. The lowest BCUT2D eigenvalue weighted by Gasteiger charge is -2.16. The van der Waals surface area contributed by atoms with Crippen molar-refractivity contribution in [3.8, 4) is 0 Å². The minimum absolute atomic E-state index is 0.992. The van der Waals surface area contributed by atoms with Crippen LogP contribution >= 0.6 is 11.3 Å². The fourth-order valence-corrected chi connectivity index (χ4v) is 3.38. The van der Waals surface area contributed by atoms with Gasteiger partial charge in [0.05, 0.1) is 10.6 Å². The van der Waals surface area contributed by atoms with Crippen LogP contribution in [0.1, 0.15) is 41.7 Å². The molecule has 0 aliphatic carbocycles. The zero-order valence-electron chi connectivity index (χ0n) is 13.3. The second-order valence-corrected chi connectivity index (χ2v) is 6.49. The molecular formula is C19H23NS. The number of benzene rings is 1. The van der Waals surface area contributed by atoms with Crippen molar-refractivity contribution in [3.05, 3.63) is 63.9 Å². The highest BCUT2D eigenvalue weighted by atomic mass is 32.1. The Hall–Kier alpha value is -1.80. The summed E-state index contributed by atoms with van der Waals surface area (Å²) >= 11 is 1.82. The van der Waals surface area contributed by atoms with Crippen LogP contribution in [0.2, 0.25) is 0 Å². The molecule has 110 valence electrons. The molecule has 0 fully saturated rings. The first-order chi connectivity index (χ1) is 10.1. The highest BCUT2D eigenvalue weighted by molar-refractivity contribution is 7.13. The summed E-state index contributed by atoms with van der Waals surface area (Å²) in [6.07, 6.45) is 3.13. The van der Waals surface area contributed by atoms with E-state index in [1.165, 1.54) is 32.3 Å². The molecule has 1 nitrogen and oxygen atoms in total. The van der Waals surface area contributed by atoms with Crippen molar-refractivity contribution in [3.63, 3.8) is 0 Å². The van der Waals surface area contributed by atoms with E-state index >= 15 is 0 Å². The number of aryl methyl sites for hydroxylation is 1. The molecule has 1 heterocycles. The van der Waals surface area contributed by atoms with Gasteiger partial charge >= 0.3 is 0 Å². The number of hydrogen-bond donors (Lipinski definition) is 1. The lowest BCUT2D eigenvalue weighted by atomic mass is 9.98. The molecule has 1 aromatic heterocycles. The van der Waals surface area contributed by atoms with Gasteiger partial charge in [0.25, 0.3) is 0 Å². The predicted molar refractivity (Wildman–Crippen MR) is 96.9 cm³/mol. The molecule has 0 aliphatic heterocycles. The van der Waals surface area contributed by atoms with Crippen molar-refractivity contribution in [1.29, 1.82) is 0 Å². The first-order valence-corrected chi connectivity index (χ1v) is 8.16. The van der Waals surface area contributed by atoms with Crippen LogP contribution in [-0.4, -0.2) is 0 Å². The Bertz CT molecular complexity index is 677. The van der Waals surface area contributed by atoms with E-state index in [0.29, 0.717) is 0 Å². The van der Waals surface area contributed by atoms with Gasteiger partial charge in [0.2, 0.25) is 0 Å². The molecule has 0 amide bonds. The lowest BCUT2D eigenvalue weighted by Crippen LogP contribution is -2.02. The van der Waals surface area contributed by atoms with Gasteiger partial charge in [-0.15, -0.1) is 11.3 Å². The van der Waals surface area contributed by atoms with Gasteiger partial charge in [-0.25, -0.2) is 0 Å². The summed E-state index contributed by atoms with van der Waals surface area (Å²) in [7, 11) is 0. The lowest BCUT2D eigenvalue weighted by molar-refractivity contribution is 1.13. The number of hydrogen-bond acceptors (Lipinski definition) is 2. The van der Waals surface area contributed by atoms with Crippen LogP contribution in [0.25, 0.3) is 11.3 Å². The highest BCUT2D eigenvalue weighted by Crippen LogP contribution is 2.30. The third-order valence-electron chi connectivity index (χ3n) is 3.55. The fraction of sp³-hybridized carbons (Fsp3) is 0.263. The van der Waals surface area contributed by atoms with Crippen LogP contribution in [0.3, 0.4) is 0 Å². The zero-order chi connectivity index (χ0) is 15.4. The van der Waals surface area contributed by atoms with E-state index in [-0.39, 0.29) is 0 Å². The van der Waals surface area contributed by atoms with E-state index < -0.39 is 0 Å². The summed E-state index contributed by atoms with van der Waals surface area (Å²) in [6.45, 7) is 12.6. The van der Waals surface area contributed by atoms with Gasteiger partial charge in [-0.1, -0.05) is 37.3 Å². The Morgan fingerprint density at radius 2 is 2.05 bits per heavy atom. The Morgan fingerprint density at radius 3 is 2.57 bits per heavy atom. The summed E-state index contributed by atoms with van der Waals surface area (Å²) in [6, 6.07) is 10.7. The Balaban J connectivity index is 2.38. The standard InChI is InChI=1S/C19H23NS/c1-6-15-16(13(3)4)9-8-10-18(15)20-17(7-2)19-12-11-14(5)21-19/h7-12,20H,3,6H2,1-2,4-5H3/b17-7-. The van der Waals surface area contributed by atoms with Gasteiger partial charge < -0.3 is 5.32 Å². The Morgan fingerprint density at radius 1 is 1.29 bits per heavy atom. The molecule has 2 heteroatoms. The molecule has 0 atom stereocenters. The molecule has 1 aromatic carbocycles. The average molecular weight is 297 g/mol. The highest BCUT2D eigenvalue weighted by Gasteiger charge is 2.10. The minimum Gasteiger partial charge on any atom is -0.354 e. The summed E-state index contributed by atoms with van der Waals surface area (Å²) in [5, 5.41) is 3.60. The van der Waals surface area contributed by atoms with Crippen molar-refractivity contribution in [2.75, 3.05) is 5.32 Å². The summed E-state index contributed by atoms with van der Waals surface area (Å²) in [5.74, 6) is 0. The molecule has 0 radical (unpaired) electrons. The number of anilines is 1. The second kappa shape index (κ2) is 6.77. The van der Waals surface area contributed by atoms with E-state index in [1.807, 2.05) is 11.3 Å². The van der Waals surface area contributed by atoms with Gasteiger partial charge in [-0.3, -0.25) is 0 Å². The Labute approximate surface area is 132 Å². The first kappa shape index (κ1) is 15.6. The van der Waals surface area contributed by atoms with Gasteiger partial charge in [0.15, 0.2) is 0 Å². The van der Waals surface area contributed by atoms with Gasteiger partial charge in [-0.2, -0.15) is 0 Å². The van der Waals surface area contributed by atoms with Crippen LogP contribution < -0.4 is 5.32 Å². The van der Waals surface area contributed by atoms with E-state index in [2.05, 4.69) is 76.0 Å². The summed E-state index contributed by atoms with van der Waals surface area (Å²) in [4.78, 5) is 2.61. The van der Waals surface area contributed by atoms with Gasteiger partial charge in [0, 0.05) is 10.6 Å². The third-order valence-corrected chi connectivity index (χ3v) is 4.59. The molecule has 0 unspecified atom stereocenters. The van der Waals surface area contributed by atoms with Crippen LogP contribution in [0.4, 0.5) is 5.69 Å². The summed E-state index contributed by atoms with van der Waals surface area (Å²) in [5.41, 5.74) is 6.04. The number of rotatable bonds is 5. The Kier molecular flexibility index (Phi) is 5.03. The van der Waals surface area contributed by atoms with Gasteiger partial charge in [0.1, 0.15) is 0 Å². The predicted octanol–water partition coefficient (Wildman–Crippen LogP) is 6.12. The van der Waals surface area contributed by atoms with E-state index in [4.69, 9.17) is 0 Å². The minimum atomic E-state index is 0.992. The van der Waals surface area contributed by atoms with E-state index in [1.54, 1.807) is 0 Å². The third kappa shape index (κ3) is 3.45. The number of thiophene rings is 1. The molecule has 2 rings (SSSR count). The molecule has 0 bridgehead atoms. The topological polar surface area (TPSA) is 12.0 Å². The van der Waals surface area contributed by atoms with Crippen LogP contribution in [0, 0.1) is 6.92 Å². The van der Waals surface area contributed by atoms with Crippen molar-refractivity contribution >= 4 is 28.3 Å². The van der Waals surface area contributed by atoms with E-state index in [0.717, 1.165) is 12.0 Å². The number of nitrogens with one attached hydrogen (secondary N) is 1. The molecule has 0 saturated carbocycles. The molecule has 1 N–H and O–H groups in total. The molecule has 21 heavy (non-hydrogen) atoms. The van der Waals surface area contributed by atoms with Crippen LogP contribution in [-0.2, 0) is 6.42 Å². The maximum Gasteiger partial charge on any atom is 0.0516 e. The average Bonchev–Trinajstić information content (AvgIpc) is 2.90. The molecule has 2 aromatic rings. The van der Waals surface area contributed by atoms with Crippen molar-refractivity contribution < 1.29 is 0 Å². The van der Waals surface area contributed by atoms with Crippen LogP contribution in [0.15, 0.2) is 43.0 Å². The maximum absolute atomic E-state index is 4.10. The van der Waals surface area contributed by atoms with Crippen molar-refractivity contribution in [1.82, 2.24) is 0 Å². The van der Waals surface area contributed by atoms with Crippen molar-refractivity contribution in [2.24, 2.45) is 0 Å². The maximum atomic E-state index is 4.10. The van der Waals surface area contributed by atoms with Crippen molar-refractivity contribution in [2.45, 2.75) is 34.1 Å². The quantitative estimate of drug-likeness (QED) is 0.700. The van der Waals surface area contributed by atoms with Gasteiger partial charge in [-0.05, 0) is 56.5 Å². The molecule has 0 aliphatic rings. The monoisotopic (exact) mass is 297 g/mol. The fourth-order valence-electron chi connectivity index (χ4n) is 2.49. The zero-order valence-corrected chi connectivity index (χ0v) is 14.1. The summed E-state index contributed by atoms with van der Waals surface area (Å²) < 4.78 is 0. The first-order valence-electron chi connectivity index (χ1n) is 7.34. The smallest absolute Gasteiger partial charge is 0.0516 e. The second-order valence-electron chi connectivity index (χ2n) is 5.20.